The van der Waals surface area contributed by atoms with Gasteiger partial charge in [0, 0.05) is 26.2 Å². The number of para-hydroxylation sites is 1. The van der Waals surface area contributed by atoms with Crippen molar-refractivity contribution in [3.05, 3.63) is 59.6 Å². The van der Waals surface area contributed by atoms with E-state index in [4.69, 9.17) is 11.6 Å². The fourth-order valence-electron chi connectivity index (χ4n) is 3.03. The van der Waals surface area contributed by atoms with Gasteiger partial charge in [0.25, 0.3) is 0 Å². The Hall–Kier alpha value is -2.97. The minimum absolute atomic E-state index is 0.286. The highest BCUT2D eigenvalue weighted by Gasteiger charge is 2.15. The first-order valence-electron chi connectivity index (χ1n) is 9.29. The monoisotopic (exact) mass is 413 g/mol. The van der Waals surface area contributed by atoms with Gasteiger partial charge in [0.1, 0.15) is 16.7 Å². The summed E-state index contributed by atoms with van der Waals surface area (Å²) in [4.78, 5) is 17.6. The van der Waals surface area contributed by atoms with E-state index in [0.29, 0.717) is 17.6 Å². The van der Waals surface area contributed by atoms with Gasteiger partial charge in [-0.05, 0) is 31.3 Å². The minimum atomic E-state index is -0.391. The van der Waals surface area contributed by atoms with E-state index in [1.165, 1.54) is 12.3 Å². The second-order valence-electron chi connectivity index (χ2n) is 6.81. The highest BCUT2D eigenvalue weighted by atomic mass is 35.5. The molecule has 0 atom stereocenters. The lowest BCUT2D eigenvalue weighted by atomic mass is 10.3. The third kappa shape index (κ3) is 4.72. The highest BCUT2D eigenvalue weighted by molar-refractivity contribution is 6.32. The average Bonchev–Trinajstić information content (AvgIpc) is 2.73. The van der Waals surface area contributed by atoms with Crippen molar-refractivity contribution in [1.82, 2.24) is 19.9 Å². The summed E-state index contributed by atoms with van der Waals surface area (Å²) in [6.45, 7) is 4.04. The Morgan fingerprint density at radius 3 is 2.48 bits per heavy atom. The number of hydrogen-bond acceptors (Lipinski definition) is 7. The second-order valence-corrected chi connectivity index (χ2v) is 7.22. The van der Waals surface area contributed by atoms with Gasteiger partial charge in [0.2, 0.25) is 5.95 Å². The molecule has 1 aliphatic heterocycles. The molecular weight excluding hydrogens is 393 g/mol. The van der Waals surface area contributed by atoms with Crippen molar-refractivity contribution in [2.75, 3.05) is 48.8 Å². The van der Waals surface area contributed by atoms with Crippen LogP contribution in [0.25, 0.3) is 0 Å². The number of piperazine rings is 1. The maximum absolute atomic E-state index is 13.9. The van der Waals surface area contributed by atoms with Crippen molar-refractivity contribution >= 4 is 40.6 Å². The quantitative estimate of drug-likeness (QED) is 0.657. The van der Waals surface area contributed by atoms with Crippen LogP contribution >= 0.6 is 11.6 Å². The molecule has 1 fully saturated rings. The zero-order chi connectivity index (χ0) is 20.2. The lowest BCUT2D eigenvalue weighted by Gasteiger charge is -2.33. The van der Waals surface area contributed by atoms with E-state index in [1.54, 1.807) is 18.2 Å². The van der Waals surface area contributed by atoms with E-state index in [0.717, 1.165) is 31.9 Å². The summed E-state index contributed by atoms with van der Waals surface area (Å²) in [5, 5.41) is 6.24. The molecule has 3 aromatic rings. The molecule has 0 saturated carbocycles. The molecule has 150 valence electrons. The number of rotatable bonds is 5. The van der Waals surface area contributed by atoms with Crippen LogP contribution in [0, 0.1) is 5.82 Å². The van der Waals surface area contributed by atoms with Crippen molar-refractivity contribution < 1.29 is 4.39 Å². The molecule has 1 saturated heterocycles. The molecule has 0 amide bonds. The molecule has 0 bridgehead atoms. The number of nitrogens with zero attached hydrogens (tertiary/aromatic N) is 5. The molecule has 0 aliphatic carbocycles. The summed E-state index contributed by atoms with van der Waals surface area (Å²) in [7, 11) is 2.13. The van der Waals surface area contributed by atoms with Crippen molar-refractivity contribution in [1.29, 1.82) is 0 Å². The molecule has 1 aliphatic rings. The van der Waals surface area contributed by atoms with Crippen LogP contribution in [-0.4, -0.2) is 53.1 Å². The Morgan fingerprint density at radius 1 is 0.966 bits per heavy atom. The van der Waals surface area contributed by atoms with Crippen LogP contribution in [0.3, 0.4) is 0 Å². The van der Waals surface area contributed by atoms with Gasteiger partial charge in [-0.2, -0.15) is 4.98 Å². The normalized spacial score (nSPS) is 14.7. The van der Waals surface area contributed by atoms with Gasteiger partial charge in [-0.25, -0.2) is 14.4 Å². The molecule has 2 N–H and O–H groups in total. The second kappa shape index (κ2) is 8.59. The predicted octanol–water partition coefficient (Wildman–Crippen LogP) is 3.90. The van der Waals surface area contributed by atoms with E-state index < -0.39 is 5.82 Å². The van der Waals surface area contributed by atoms with E-state index in [9.17, 15) is 4.39 Å². The lowest BCUT2D eigenvalue weighted by molar-refractivity contribution is 0.313. The summed E-state index contributed by atoms with van der Waals surface area (Å²) >= 11 is 6.16. The Labute approximate surface area is 173 Å². The molecule has 4 rings (SSSR count). The Morgan fingerprint density at radius 2 is 1.76 bits per heavy atom. The van der Waals surface area contributed by atoms with Gasteiger partial charge in [0.05, 0.1) is 23.8 Å². The average molecular weight is 414 g/mol. The third-order valence-electron chi connectivity index (χ3n) is 4.73. The molecule has 9 heteroatoms. The van der Waals surface area contributed by atoms with Crippen LogP contribution in [0.5, 0.6) is 0 Å². The Kier molecular flexibility index (Phi) is 5.73. The lowest BCUT2D eigenvalue weighted by Crippen LogP contribution is -2.44. The zero-order valence-corrected chi connectivity index (χ0v) is 16.7. The predicted molar refractivity (Wildman–Crippen MR) is 114 cm³/mol. The molecule has 0 spiro atoms. The van der Waals surface area contributed by atoms with Gasteiger partial charge in [-0.3, -0.25) is 0 Å². The first-order chi connectivity index (χ1) is 14.1. The van der Waals surface area contributed by atoms with E-state index in [2.05, 4.69) is 42.4 Å². The number of hydrogen-bond donors (Lipinski definition) is 2. The van der Waals surface area contributed by atoms with Crippen LogP contribution in [0.4, 0.5) is 33.3 Å². The molecule has 0 unspecified atom stereocenters. The largest absolute Gasteiger partial charge is 0.368 e. The molecule has 29 heavy (non-hydrogen) atoms. The van der Waals surface area contributed by atoms with Crippen LogP contribution in [0.15, 0.2) is 48.8 Å². The summed E-state index contributed by atoms with van der Waals surface area (Å²) < 4.78 is 13.9. The van der Waals surface area contributed by atoms with Crippen LogP contribution < -0.4 is 15.5 Å². The molecule has 7 nitrogen and oxygen atoms in total. The van der Waals surface area contributed by atoms with E-state index in [-0.39, 0.29) is 10.7 Å². The van der Waals surface area contributed by atoms with Gasteiger partial charge in [0.15, 0.2) is 5.82 Å². The smallest absolute Gasteiger partial charge is 0.230 e. The summed E-state index contributed by atoms with van der Waals surface area (Å²) in [6.07, 6.45) is 3.29. The minimum Gasteiger partial charge on any atom is -0.368 e. The van der Waals surface area contributed by atoms with Gasteiger partial charge in [-0.15, -0.1) is 0 Å². The summed E-state index contributed by atoms with van der Waals surface area (Å²) in [5.74, 6) is 0.844. The first kappa shape index (κ1) is 19.4. The van der Waals surface area contributed by atoms with Crippen molar-refractivity contribution in [2.24, 2.45) is 0 Å². The number of halogens is 2. The summed E-state index contributed by atoms with van der Waals surface area (Å²) in [6, 6.07) is 10.2. The maximum atomic E-state index is 13.9. The van der Waals surface area contributed by atoms with Crippen LogP contribution in [0.2, 0.25) is 5.02 Å². The third-order valence-corrected chi connectivity index (χ3v) is 5.00. The zero-order valence-electron chi connectivity index (χ0n) is 15.9. The number of likely N-dealkylation sites (N-methyl/N-ethyl adjacent to an activating group) is 1. The van der Waals surface area contributed by atoms with Crippen molar-refractivity contribution in [3.8, 4) is 0 Å². The van der Waals surface area contributed by atoms with Gasteiger partial charge >= 0.3 is 0 Å². The van der Waals surface area contributed by atoms with Gasteiger partial charge in [-0.1, -0.05) is 23.7 Å². The van der Waals surface area contributed by atoms with Crippen molar-refractivity contribution in [3.63, 3.8) is 0 Å². The van der Waals surface area contributed by atoms with E-state index in [1.807, 2.05) is 18.3 Å². The number of aromatic nitrogens is 3. The van der Waals surface area contributed by atoms with E-state index >= 15 is 0 Å². The van der Waals surface area contributed by atoms with Crippen LogP contribution in [-0.2, 0) is 0 Å². The number of benzene rings is 1. The molecule has 1 aromatic carbocycles. The molecular formula is C20H21ClFN7. The van der Waals surface area contributed by atoms with Gasteiger partial charge < -0.3 is 20.4 Å². The first-order valence-corrected chi connectivity index (χ1v) is 9.67. The van der Waals surface area contributed by atoms with Crippen molar-refractivity contribution in [2.45, 2.75) is 0 Å². The Bertz CT molecular complexity index is 975. The highest BCUT2D eigenvalue weighted by Crippen LogP contribution is 2.26. The SMILES string of the molecule is CN1CCN(c2ccc(Nc3ncc(Cl)c(Nc4ccccc4F)n3)nc2)CC1. The summed E-state index contributed by atoms with van der Waals surface area (Å²) in [5.41, 5.74) is 1.37. The number of nitrogens with one attached hydrogen (secondary N) is 2. The fraction of sp³-hybridized carbons (Fsp3) is 0.250. The number of pyridine rings is 1. The standard InChI is InChI=1S/C20H21ClFN7/c1-28-8-10-29(11-9-28)14-6-7-18(23-12-14)26-20-24-13-15(21)19(27-20)25-17-5-3-2-4-16(17)22/h2-7,12-13H,8-11H2,1H3,(H2,23,24,25,26,27). The maximum Gasteiger partial charge on any atom is 0.230 e. The molecule has 3 heterocycles. The molecule has 2 aromatic heterocycles. The van der Waals surface area contributed by atoms with Crippen LogP contribution in [0.1, 0.15) is 0 Å². The topological polar surface area (TPSA) is 69.2 Å². The Balaban J connectivity index is 1.46. The molecule has 0 radical (unpaired) electrons. The number of anilines is 5. The fourth-order valence-corrected chi connectivity index (χ4v) is 3.17.